The van der Waals surface area contributed by atoms with E-state index in [1.165, 1.54) is 0 Å². The van der Waals surface area contributed by atoms with Crippen molar-refractivity contribution in [2.75, 3.05) is 51.7 Å². The lowest BCUT2D eigenvalue weighted by molar-refractivity contribution is -0.136. The largest absolute Gasteiger partial charge is 0.496 e. The third-order valence-corrected chi connectivity index (χ3v) is 6.43. The van der Waals surface area contributed by atoms with Gasteiger partial charge in [0.25, 0.3) is 0 Å². The van der Waals surface area contributed by atoms with Crippen LogP contribution in [0.4, 0.5) is 10.5 Å². The van der Waals surface area contributed by atoms with Crippen molar-refractivity contribution >= 4 is 17.6 Å². The predicted octanol–water partition coefficient (Wildman–Crippen LogP) is 4.45. The van der Waals surface area contributed by atoms with Gasteiger partial charge in [-0.15, -0.1) is 0 Å². The number of hydrogen-bond donors (Lipinski definition) is 2. The van der Waals surface area contributed by atoms with Gasteiger partial charge in [-0.3, -0.25) is 4.79 Å². The Balaban J connectivity index is 1.40. The fourth-order valence-electron chi connectivity index (χ4n) is 4.55. The Kier molecular flexibility index (Phi) is 9.76. The average Bonchev–Trinajstić information content (AvgIpc) is 2.88. The van der Waals surface area contributed by atoms with Gasteiger partial charge in [0, 0.05) is 37.4 Å². The molecule has 2 aromatic rings. The van der Waals surface area contributed by atoms with Crippen molar-refractivity contribution in [1.82, 2.24) is 15.1 Å². The van der Waals surface area contributed by atoms with Crippen molar-refractivity contribution in [3.05, 3.63) is 48.5 Å². The second-order valence-electron chi connectivity index (χ2n) is 8.66. The van der Waals surface area contributed by atoms with Gasteiger partial charge in [0.15, 0.2) is 0 Å². The van der Waals surface area contributed by atoms with Crippen LogP contribution in [0.5, 0.6) is 5.75 Å². The lowest BCUT2D eigenvalue weighted by Gasteiger charge is -2.34. The number of amides is 3. The molecule has 1 aliphatic heterocycles. The number of nitrogens with one attached hydrogen (secondary N) is 2. The zero-order valence-corrected chi connectivity index (χ0v) is 20.7. The topological polar surface area (TPSA) is 73.9 Å². The van der Waals surface area contributed by atoms with Gasteiger partial charge in [-0.05, 0) is 70.0 Å². The fraction of sp³-hybridized carbons (Fsp3) is 0.481. The molecule has 1 aliphatic rings. The SMILES string of the molecule is CCN(CC)C(=O)C1CCCN(CCCNC(=O)Nc2ccc(-c3ccccc3OC)cc2)C1. The molecule has 2 N–H and O–H groups in total. The van der Waals surface area contributed by atoms with Gasteiger partial charge >= 0.3 is 6.03 Å². The van der Waals surface area contributed by atoms with Crippen molar-refractivity contribution < 1.29 is 14.3 Å². The highest BCUT2D eigenvalue weighted by atomic mass is 16.5. The summed E-state index contributed by atoms with van der Waals surface area (Å²) in [6.45, 7) is 8.93. The van der Waals surface area contributed by atoms with Crippen molar-refractivity contribution in [3.8, 4) is 16.9 Å². The third-order valence-electron chi connectivity index (χ3n) is 6.43. The van der Waals surface area contributed by atoms with Crippen LogP contribution in [0.25, 0.3) is 11.1 Å². The number of piperidine rings is 1. The van der Waals surface area contributed by atoms with Crippen LogP contribution in [0, 0.1) is 5.92 Å². The number of carbonyl (C=O) groups is 2. The van der Waals surface area contributed by atoms with E-state index in [-0.39, 0.29) is 17.9 Å². The third kappa shape index (κ3) is 6.97. The van der Waals surface area contributed by atoms with Crippen LogP contribution in [-0.4, -0.2) is 68.1 Å². The maximum absolute atomic E-state index is 12.7. The Bertz CT molecular complexity index is 928. The summed E-state index contributed by atoms with van der Waals surface area (Å²) >= 11 is 0. The Labute approximate surface area is 203 Å². The summed E-state index contributed by atoms with van der Waals surface area (Å²) in [5.41, 5.74) is 2.78. The van der Waals surface area contributed by atoms with E-state index < -0.39 is 0 Å². The van der Waals surface area contributed by atoms with Crippen LogP contribution < -0.4 is 15.4 Å². The molecule has 1 saturated heterocycles. The molecule has 184 valence electrons. The normalized spacial score (nSPS) is 16.0. The summed E-state index contributed by atoms with van der Waals surface area (Å²) in [7, 11) is 1.66. The second-order valence-corrected chi connectivity index (χ2v) is 8.66. The number of nitrogens with zero attached hydrogens (tertiary/aromatic N) is 2. The van der Waals surface area contributed by atoms with Crippen LogP contribution in [0.1, 0.15) is 33.1 Å². The van der Waals surface area contributed by atoms with E-state index in [0.717, 1.165) is 74.6 Å². The van der Waals surface area contributed by atoms with E-state index in [4.69, 9.17) is 4.74 Å². The monoisotopic (exact) mass is 466 g/mol. The molecule has 7 heteroatoms. The van der Waals surface area contributed by atoms with E-state index in [0.29, 0.717) is 6.54 Å². The molecule has 3 rings (SSSR count). The van der Waals surface area contributed by atoms with Crippen molar-refractivity contribution in [2.24, 2.45) is 5.92 Å². The predicted molar refractivity (Wildman–Crippen MR) is 137 cm³/mol. The number of rotatable bonds is 10. The molecular formula is C27H38N4O3. The molecule has 1 heterocycles. The summed E-state index contributed by atoms with van der Waals surface area (Å²) in [4.78, 5) is 29.2. The molecule has 0 bridgehead atoms. The van der Waals surface area contributed by atoms with Gasteiger partial charge in [0.05, 0.1) is 13.0 Å². The first-order valence-corrected chi connectivity index (χ1v) is 12.3. The van der Waals surface area contributed by atoms with E-state index in [1.807, 2.05) is 67.3 Å². The van der Waals surface area contributed by atoms with E-state index in [9.17, 15) is 9.59 Å². The number of benzene rings is 2. The molecule has 0 spiro atoms. The number of anilines is 1. The number of urea groups is 1. The van der Waals surface area contributed by atoms with Crippen LogP contribution in [0.2, 0.25) is 0 Å². The summed E-state index contributed by atoms with van der Waals surface area (Å²) in [5, 5.41) is 5.82. The first kappa shape index (κ1) is 25.6. The Morgan fingerprint density at radius 1 is 1.09 bits per heavy atom. The van der Waals surface area contributed by atoms with Gasteiger partial charge in [-0.2, -0.15) is 0 Å². The highest BCUT2D eigenvalue weighted by Crippen LogP contribution is 2.30. The van der Waals surface area contributed by atoms with Crippen LogP contribution in [-0.2, 0) is 4.79 Å². The number of likely N-dealkylation sites (tertiary alicyclic amines) is 1. The summed E-state index contributed by atoms with van der Waals surface area (Å²) in [6, 6.07) is 15.4. The molecule has 34 heavy (non-hydrogen) atoms. The Hall–Kier alpha value is -3.06. The molecule has 1 unspecified atom stereocenters. The molecular weight excluding hydrogens is 428 g/mol. The van der Waals surface area contributed by atoms with Gasteiger partial charge < -0.3 is 25.2 Å². The number of para-hydroxylation sites is 1. The van der Waals surface area contributed by atoms with Gasteiger partial charge in [-0.25, -0.2) is 4.79 Å². The number of methoxy groups -OCH3 is 1. The molecule has 3 amide bonds. The molecule has 0 radical (unpaired) electrons. The van der Waals surface area contributed by atoms with Crippen LogP contribution in [0.15, 0.2) is 48.5 Å². The van der Waals surface area contributed by atoms with E-state index >= 15 is 0 Å². The van der Waals surface area contributed by atoms with Crippen molar-refractivity contribution in [1.29, 1.82) is 0 Å². The van der Waals surface area contributed by atoms with Crippen LogP contribution >= 0.6 is 0 Å². The van der Waals surface area contributed by atoms with Gasteiger partial charge in [0.2, 0.25) is 5.91 Å². The first-order chi connectivity index (χ1) is 16.5. The van der Waals surface area contributed by atoms with Gasteiger partial charge in [-0.1, -0.05) is 30.3 Å². The fourth-order valence-corrected chi connectivity index (χ4v) is 4.55. The Morgan fingerprint density at radius 2 is 1.82 bits per heavy atom. The Morgan fingerprint density at radius 3 is 2.53 bits per heavy atom. The molecule has 0 aromatic heterocycles. The second kappa shape index (κ2) is 13.0. The summed E-state index contributed by atoms with van der Waals surface area (Å²) < 4.78 is 5.43. The zero-order valence-electron chi connectivity index (χ0n) is 20.7. The standard InChI is InChI=1S/C27H38N4O3/c1-4-31(5-2)26(32)22-10-8-18-30(20-22)19-9-17-28-27(33)29-23-15-13-21(14-16-23)24-11-6-7-12-25(24)34-3/h6-7,11-16,22H,4-5,8-10,17-20H2,1-3H3,(H2,28,29,33). The quantitative estimate of drug-likeness (QED) is 0.507. The molecule has 7 nitrogen and oxygen atoms in total. The minimum absolute atomic E-state index is 0.101. The smallest absolute Gasteiger partial charge is 0.319 e. The molecule has 1 fully saturated rings. The zero-order chi connectivity index (χ0) is 24.3. The number of hydrogen-bond acceptors (Lipinski definition) is 4. The molecule has 2 aromatic carbocycles. The first-order valence-electron chi connectivity index (χ1n) is 12.3. The van der Waals surface area contributed by atoms with E-state index in [2.05, 4.69) is 15.5 Å². The maximum atomic E-state index is 12.7. The number of ether oxygens (including phenoxy) is 1. The van der Waals surface area contributed by atoms with Crippen LogP contribution in [0.3, 0.4) is 0 Å². The highest BCUT2D eigenvalue weighted by molar-refractivity contribution is 5.89. The lowest BCUT2D eigenvalue weighted by Crippen LogP contribution is -2.45. The average molecular weight is 467 g/mol. The van der Waals surface area contributed by atoms with Crippen molar-refractivity contribution in [3.63, 3.8) is 0 Å². The lowest BCUT2D eigenvalue weighted by atomic mass is 9.96. The number of carbonyl (C=O) groups excluding carboxylic acids is 2. The minimum atomic E-state index is -0.210. The molecule has 0 aliphatic carbocycles. The summed E-state index contributed by atoms with van der Waals surface area (Å²) in [6.07, 6.45) is 2.88. The molecule has 0 saturated carbocycles. The highest BCUT2D eigenvalue weighted by Gasteiger charge is 2.27. The minimum Gasteiger partial charge on any atom is -0.496 e. The van der Waals surface area contributed by atoms with Gasteiger partial charge in [0.1, 0.15) is 5.75 Å². The summed E-state index contributed by atoms with van der Waals surface area (Å²) in [5.74, 6) is 1.20. The van der Waals surface area contributed by atoms with Crippen molar-refractivity contribution in [2.45, 2.75) is 33.1 Å². The van der Waals surface area contributed by atoms with E-state index in [1.54, 1.807) is 7.11 Å². The maximum Gasteiger partial charge on any atom is 0.319 e. The molecule has 1 atom stereocenters.